The summed E-state index contributed by atoms with van der Waals surface area (Å²) in [6.45, 7) is 6.42. The summed E-state index contributed by atoms with van der Waals surface area (Å²) in [6.07, 6.45) is 1.90. The number of hydrogen-bond acceptors (Lipinski definition) is 2. The number of imidazole rings is 1. The Hall–Kier alpha value is -0.960. The van der Waals surface area contributed by atoms with Gasteiger partial charge < -0.3 is 0 Å². The Balaban J connectivity index is 2.61. The maximum Gasteiger partial charge on any atom is 0.106 e. The average Bonchev–Trinajstić information content (AvgIpc) is 2.51. The lowest BCUT2D eigenvalue weighted by Crippen LogP contribution is -1.86. The van der Waals surface area contributed by atoms with Gasteiger partial charge in [-0.15, -0.1) is 0 Å². The lowest BCUT2D eigenvalue weighted by molar-refractivity contribution is 1.25. The van der Waals surface area contributed by atoms with E-state index >= 15 is 0 Å². The van der Waals surface area contributed by atoms with Crippen LogP contribution in [-0.4, -0.2) is 14.7 Å². The zero-order valence-corrected chi connectivity index (χ0v) is 9.56. The Kier molecular flexibility index (Phi) is 2.50. The second-order valence-corrected chi connectivity index (χ2v) is 4.64. The molecule has 0 aliphatic heterocycles. The molecule has 1 heterocycles. The normalized spacial score (nSPS) is 11.1. The first-order chi connectivity index (χ1) is 6.72. The van der Waals surface area contributed by atoms with Gasteiger partial charge in [0.25, 0.3) is 0 Å². The monoisotopic (exact) mass is 206 g/mol. The van der Waals surface area contributed by atoms with Gasteiger partial charge in [-0.25, -0.2) is 4.98 Å². The highest BCUT2D eigenvalue weighted by molar-refractivity contribution is 7.97. The molecule has 0 aliphatic carbocycles. The molecule has 14 heavy (non-hydrogen) atoms. The minimum atomic E-state index is 1.07. The molecule has 0 fully saturated rings. The predicted octanol–water partition coefficient (Wildman–Crippen LogP) is 3.17. The van der Waals surface area contributed by atoms with Gasteiger partial charge in [0, 0.05) is 5.75 Å². The number of aryl methyl sites for hydroxylation is 2. The van der Waals surface area contributed by atoms with Gasteiger partial charge in [0.1, 0.15) is 6.33 Å². The van der Waals surface area contributed by atoms with E-state index in [0.29, 0.717) is 0 Å². The Morgan fingerprint density at radius 1 is 1.29 bits per heavy atom. The van der Waals surface area contributed by atoms with Crippen LogP contribution in [0, 0.1) is 13.8 Å². The Bertz CT molecular complexity index is 460. The van der Waals surface area contributed by atoms with Gasteiger partial charge in [0.2, 0.25) is 0 Å². The molecule has 0 N–H and O–H groups in total. The van der Waals surface area contributed by atoms with E-state index in [9.17, 15) is 0 Å². The molecular weight excluding hydrogens is 192 g/mol. The molecular formula is C11H14N2S. The smallest absolute Gasteiger partial charge is 0.106 e. The third kappa shape index (κ3) is 1.52. The highest BCUT2D eigenvalue weighted by Gasteiger charge is 2.04. The van der Waals surface area contributed by atoms with Crippen molar-refractivity contribution in [2.24, 2.45) is 0 Å². The van der Waals surface area contributed by atoms with Crippen molar-refractivity contribution in [3.05, 3.63) is 29.6 Å². The van der Waals surface area contributed by atoms with E-state index in [1.165, 1.54) is 16.6 Å². The molecule has 0 amide bonds. The van der Waals surface area contributed by atoms with E-state index in [4.69, 9.17) is 0 Å². The summed E-state index contributed by atoms with van der Waals surface area (Å²) in [5.74, 6) is 1.07. The van der Waals surface area contributed by atoms with Crippen molar-refractivity contribution < 1.29 is 0 Å². The summed E-state index contributed by atoms with van der Waals surface area (Å²) in [5, 5.41) is 0. The van der Waals surface area contributed by atoms with Crippen LogP contribution in [0.15, 0.2) is 18.5 Å². The largest absolute Gasteiger partial charge is 0.272 e. The van der Waals surface area contributed by atoms with Crippen LogP contribution in [0.1, 0.15) is 18.1 Å². The highest BCUT2D eigenvalue weighted by Crippen LogP contribution is 2.21. The fraction of sp³-hybridized carbons (Fsp3) is 0.364. The minimum absolute atomic E-state index is 1.07. The zero-order valence-electron chi connectivity index (χ0n) is 8.74. The van der Waals surface area contributed by atoms with Crippen LogP contribution in [0.5, 0.6) is 0 Å². The van der Waals surface area contributed by atoms with Crippen molar-refractivity contribution in [3.8, 4) is 0 Å². The first-order valence-electron chi connectivity index (χ1n) is 4.80. The van der Waals surface area contributed by atoms with E-state index in [0.717, 1.165) is 11.3 Å². The Morgan fingerprint density at radius 3 is 2.71 bits per heavy atom. The number of aromatic nitrogens is 2. The third-order valence-corrected chi connectivity index (χ3v) is 3.23. The van der Waals surface area contributed by atoms with Gasteiger partial charge >= 0.3 is 0 Å². The topological polar surface area (TPSA) is 17.8 Å². The van der Waals surface area contributed by atoms with Crippen molar-refractivity contribution >= 4 is 23.0 Å². The van der Waals surface area contributed by atoms with E-state index in [1.54, 1.807) is 11.9 Å². The molecule has 2 aromatic rings. The summed E-state index contributed by atoms with van der Waals surface area (Å²) in [7, 11) is 0. The molecule has 0 aliphatic rings. The molecule has 1 aromatic carbocycles. The average molecular weight is 206 g/mol. The summed E-state index contributed by atoms with van der Waals surface area (Å²) in [4.78, 5) is 4.38. The van der Waals surface area contributed by atoms with Crippen LogP contribution in [0.2, 0.25) is 0 Å². The lowest BCUT2D eigenvalue weighted by Gasteiger charge is -2.02. The number of nitrogens with zero attached hydrogens (tertiary/aromatic N) is 2. The molecule has 0 saturated heterocycles. The number of hydrogen-bond donors (Lipinski definition) is 0. The van der Waals surface area contributed by atoms with Gasteiger partial charge in [-0.2, -0.15) is 0 Å². The second-order valence-electron chi connectivity index (χ2n) is 3.41. The third-order valence-electron chi connectivity index (χ3n) is 2.40. The van der Waals surface area contributed by atoms with Gasteiger partial charge in [-0.1, -0.05) is 6.92 Å². The number of benzene rings is 1. The van der Waals surface area contributed by atoms with E-state index in [-0.39, 0.29) is 0 Å². The SMILES string of the molecule is CCSn1cnc2cc(C)c(C)cc21. The Labute approximate surface area is 88.5 Å². The van der Waals surface area contributed by atoms with Crippen LogP contribution >= 0.6 is 11.9 Å². The van der Waals surface area contributed by atoms with Crippen molar-refractivity contribution in [1.82, 2.24) is 8.96 Å². The summed E-state index contributed by atoms with van der Waals surface area (Å²) in [5.41, 5.74) is 4.95. The molecule has 2 rings (SSSR count). The molecule has 74 valence electrons. The molecule has 3 heteroatoms. The van der Waals surface area contributed by atoms with Crippen LogP contribution in [-0.2, 0) is 0 Å². The molecule has 0 bridgehead atoms. The maximum atomic E-state index is 4.38. The van der Waals surface area contributed by atoms with Gasteiger partial charge in [0.05, 0.1) is 11.0 Å². The van der Waals surface area contributed by atoms with Gasteiger partial charge in [-0.3, -0.25) is 3.97 Å². The first kappa shape index (κ1) is 9.59. The van der Waals surface area contributed by atoms with E-state index in [2.05, 4.69) is 41.9 Å². The lowest BCUT2D eigenvalue weighted by atomic mass is 10.1. The fourth-order valence-electron chi connectivity index (χ4n) is 1.48. The van der Waals surface area contributed by atoms with Crippen LogP contribution < -0.4 is 0 Å². The molecule has 0 radical (unpaired) electrons. The maximum absolute atomic E-state index is 4.38. The quantitative estimate of drug-likeness (QED) is 0.751. The predicted molar refractivity (Wildman–Crippen MR) is 62.7 cm³/mol. The Morgan fingerprint density at radius 2 is 2.00 bits per heavy atom. The van der Waals surface area contributed by atoms with Crippen LogP contribution in [0.4, 0.5) is 0 Å². The van der Waals surface area contributed by atoms with Crippen molar-refractivity contribution in [1.29, 1.82) is 0 Å². The van der Waals surface area contributed by atoms with Gasteiger partial charge in [0.15, 0.2) is 0 Å². The van der Waals surface area contributed by atoms with E-state index < -0.39 is 0 Å². The molecule has 0 atom stereocenters. The van der Waals surface area contributed by atoms with Crippen LogP contribution in [0.25, 0.3) is 11.0 Å². The standard InChI is InChI=1S/C11H14N2S/c1-4-14-13-7-12-10-5-8(2)9(3)6-11(10)13/h5-7H,4H2,1-3H3. The summed E-state index contributed by atoms with van der Waals surface area (Å²) < 4.78 is 2.14. The summed E-state index contributed by atoms with van der Waals surface area (Å²) in [6, 6.07) is 4.36. The molecule has 0 spiro atoms. The van der Waals surface area contributed by atoms with Gasteiger partial charge in [-0.05, 0) is 49.1 Å². The fourth-order valence-corrected chi connectivity index (χ4v) is 2.16. The molecule has 2 nitrogen and oxygen atoms in total. The minimum Gasteiger partial charge on any atom is -0.272 e. The van der Waals surface area contributed by atoms with Crippen LogP contribution in [0.3, 0.4) is 0 Å². The first-order valence-corrected chi connectivity index (χ1v) is 5.74. The van der Waals surface area contributed by atoms with Crippen molar-refractivity contribution in [2.45, 2.75) is 20.8 Å². The molecule has 0 unspecified atom stereocenters. The highest BCUT2D eigenvalue weighted by atomic mass is 32.2. The molecule has 0 saturated carbocycles. The summed E-state index contributed by atoms with van der Waals surface area (Å²) >= 11 is 1.78. The zero-order chi connectivity index (χ0) is 10.1. The van der Waals surface area contributed by atoms with E-state index in [1.807, 2.05) is 6.33 Å². The molecule has 1 aromatic heterocycles. The van der Waals surface area contributed by atoms with Crippen molar-refractivity contribution in [3.63, 3.8) is 0 Å². The second kappa shape index (κ2) is 3.65. The number of fused-ring (bicyclic) bond motifs is 1. The van der Waals surface area contributed by atoms with Crippen molar-refractivity contribution in [2.75, 3.05) is 5.75 Å². The number of rotatable bonds is 2.